The number of rotatable bonds is 3. The van der Waals surface area contributed by atoms with E-state index in [1.807, 2.05) is 4.90 Å². The Hall–Kier alpha value is -1.90. The maximum Gasteiger partial charge on any atom is 0.433 e. The van der Waals surface area contributed by atoms with Crippen LogP contribution in [0.1, 0.15) is 25.0 Å². The quantitative estimate of drug-likeness (QED) is 0.782. The summed E-state index contributed by atoms with van der Waals surface area (Å²) in [4.78, 5) is 18.0. The van der Waals surface area contributed by atoms with Crippen LogP contribution in [0.2, 0.25) is 0 Å². The second-order valence-electron chi connectivity index (χ2n) is 7.69. The van der Waals surface area contributed by atoms with Crippen molar-refractivity contribution in [3.8, 4) is 0 Å². The van der Waals surface area contributed by atoms with Crippen LogP contribution >= 0.6 is 0 Å². The molecule has 1 aromatic heterocycles. The van der Waals surface area contributed by atoms with Gasteiger partial charge in [-0.25, -0.2) is 9.37 Å². The fourth-order valence-electron chi connectivity index (χ4n) is 4.56. The van der Waals surface area contributed by atoms with E-state index in [9.17, 15) is 22.4 Å². The van der Waals surface area contributed by atoms with Crippen LogP contribution in [-0.4, -0.2) is 48.8 Å². The molecule has 27 heavy (non-hydrogen) atoms. The van der Waals surface area contributed by atoms with E-state index in [-0.39, 0.29) is 30.8 Å². The van der Waals surface area contributed by atoms with E-state index >= 15 is 0 Å². The molecule has 2 aliphatic heterocycles. The van der Waals surface area contributed by atoms with Gasteiger partial charge in [-0.1, -0.05) is 6.07 Å². The number of halogens is 4. The molecule has 3 fully saturated rings. The Morgan fingerprint density at radius 1 is 1.26 bits per heavy atom. The minimum atomic E-state index is -4.47. The molecular weight excluding hydrogens is 364 g/mol. The van der Waals surface area contributed by atoms with E-state index in [0.717, 1.165) is 18.9 Å². The van der Waals surface area contributed by atoms with E-state index < -0.39 is 24.1 Å². The van der Waals surface area contributed by atoms with Gasteiger partial charge in [-0.05, 0) is 30.9 Å². The number of fused-ring (bicyclic) bond motifs is 1. The summed E-state index contributed by atoms with van der Waals surface area (Å²) < 4.78 is 52.0. The van der Waals surface area contributed by atoms with Gasteiger partial charge in [0.15, 0.2) is 0 Å². The summed E-state index contributed by atoms with van der Waals surface area (Å²) >= 11 is 0. The third kappa shape index (κ3) is 3.74. The number of alkyl halides is 4. The Morgan fingerprint density at radius 2 is 2.07 bits per heavy atom. The zero-order valence-electron chi connectivity index (χ0n) is 14.7. The van der Waals surface area contributed by atoms with Crippen LogP contribution in [0, 0.1) is 11.8 Å². The monoisotopic (exact) mass is 386 g/mol. The summed E-state index contributed by atoms with van der Waals surface area (Å²) in [6, 6.07) is 3.40. The second kappa shape index (κ2) is 6.92. The van der Waals surface area contributed by atoms with Crippen LogP contribution in [0.25, 0.3) is 0 Å². The summed E-state index contributed by atoms with van der Waals surface area (Å²) in [7, 11) is 0. The van der Waals surface area contributed by atoms with Gasteiger partial charge in [0.1, 0.15) is 17.7 Å². The number of carbonyl (C=O) groups is 1. The van der Waals surface area contributed by atoms with Crippen LogP contribution in [0.15, 0.2) is 18.2 Å². The van der Waals surface area contributed by atoms with Crippen LogP contribution in [0.3, 0.4) is 0 Å². The molecule has 1 aliphatic carbocycles. The highest BCUT2D eigenvalue weighted by Crippen LogP contribution is 2.40. The fraction of sp³-hybridized carbons (Fsp3) is 0.667. The van der Waals surface area contributed by atoms with Gasteiger partial charge in [0, 0.05) is 38.0 Å². The van der Waals surface area contributed by atoms with Crippen LogP contribution in [0.5, 0.6) is 0 Å². The molecule has 3 heterocycles. The first kappa shape index (κ1) is 18.5. The predicted octanol–water partition coefficient (Wildman–Crippen LogP) is 2.13. The Balaban J connectivity index is 1.40. The zero-order chi connectivity index (χ0) is 19.2. The molecular formula is C18H22F4N4O. The van der Waals surface area contributed by atoms with Gasteiger partial charge in [0.2, 0.25) is 5.91 Å². The smallest absolute Gasteiger partial charge is 0.356 e. The Labute approximate surface area is 154 Å². The maximum atomic E-state index is 13.3. The molecule has 4 unspecified atom stereocenters. The molecule has 0 radical (unpaired) electrons. The highest BCUT2D eigenvalue weighted by molar-refractivity contribution is 5.82. The molecule has 1 saturated carbocycles. The molecule has 148 valence electrons. The maximum absolute atomic E-state index is 13.3. The lowest BCUT2D eigenvalue weighted by atomic mass is 9.97. The van der Waals surface area contributed by atoms with Gasteiger partial charge < -0.3 is 15.5 Å². The topological polar surface area (TPSA) is 57.3 Å². The summed E-state index contributed by atoms with van der Waals surface area (Å²) in [5.41, 5.74) is -0.894. The first-order valence-corrected chi connectivity index (χ1v) is 9.28. The number of carbonyl (C=O) groups excluding carboxylic acids is 1. The first-order valence-electron chi connectivity index (χ1n) is 9.28. The number of aromatic nitrogens is 1. The van der Waals surface area contributed by atoms with Crippen molar-refractivity contribution in [2.24, 2.45) is 11.8 Å². The molecule has 1 aromatic rings. The van der Waals surface area contributed by atoms with Crippen molar-refractivity contribution >= 4 is 11.7 Å². The average molecular weight is 386 g/mol. The first-order chi connectivity index (χ1) is 12.8. The van der Waals surface area contributed by atoms with Crippen LogP contribution < -0.4 is 15.5 Å². The highest BCUT2D eigenvalue weighted by Gasteiger charge is 2.44. The molecule has 2 N–H and O–H groups in total. The summed E-state index contributed by atoms with van der Waals surface area (Å²) in [5.74, 6) is 0.628. The van der Waals surface area contributed by atoms with Crippen molar-refractivity contribution in [1.29, 1.82) is 0 Å². The van der Waals surface area contributed by atoms with Crippen LogP contribution in [-0.2, 0) is 11.0 Å². The highest BCUT2D eigenvalue weighted by atomic mass is 19.4. The number of amides is 1. The van der Waals surface area contributed by atoms with Gasteiger partial charge in [-0.2, -0.15) is 13.2 Å². The van der Waals surface area contributed by atoms with E-state index in [4.69, 9.17) is 0 Å². The SMILES string of the molecule is O=C(NC1CCC2CN(c3cccc(C(F)(F)F)n3)CC21)[C@@H]1CC(F)CN1. The van der Waals surface area contributed by atoms with E-state index in [0.29, 0.717) is 24.8 Å². The Morgan fingerprint density at radius 3 is 2.78 bits per heavy atom. The van der Waals surface area contributed by atoms with Crippen molar-refractivity contribution in [3.05, 3.63) is 23.9 Å². The summed E-state index contributed by atoms with van der Waals surface area (Å²) in [6.07, 6.45) is -3.52. The van der Waals surface area contributed by atoms with Gasteiger partial charge in [0.05, 0.1) is 6.04 Å². The molecule has 0 bridgehead atoms. The van der Waals surface area contributed by atoms with Gasteiger partial charge in [-0.3, -0.25) is 4.79 Å². The Bertz CT molecular complexity index is 713. The number of nitrogens with zero attached hydrogens (tertiary/aromatic N) is 2. The molecule has 5 atom stereocenters. The zero-order valence-corrected chi connectivity index (χ0v) is 14.7. The van der Waals surface area contributed by atoms with Gasteiger partial charge in [-0.15, -0.1) is 0 Å². The summed E-state index contributed by atoms with van der Waals surface area (Å²) in [5, 5.41) is 5.91. The molecule has 5 nitrogen and oxygen atoms in total. The molecule has 3 aliphatic rings. The third-order valence-corrected chi connectivity index (χ3v) is 5.93. The molecule has 9 heteroatoms. The molecule has 0 aromatic carbocycles. The molecule has 0 spiro atoms. The van der Waals surface area contributed by atoms with E-state index in [1.165, 1.54) is 6.07 Å². The predicted molar refractivity (Wildman–Crippen MR) is 90.9 cm³/mol. The van der Waals surface area contributed by atoms with Crippen molar-refractivity contribution < 1.29 is 22.4 Å². The molecule has 2 saturated heterocycles. The molecule has 1 amide bonds. The number of hydrogen-bond donors (Lipinski definition) is 2. The third-order valence-electron chi connectivity index (χ3n) is 5.93. The van der Waals surface area contributed by atoms with Crippen LogP contribution in [0.4, 0.5) is 23.4 Å². The standard InChI is InChI=1S/C18H22F4N4O/c19-11-6-14(23-7-11)17(27)24-13-5-4-10-8-26(9-12(10)13)16-3-1-2-15(25-16)18(20,21)22/h1-3,10-14,23H,4-9H2,(H,24,27)/t10?,11?,12?,13?,14-/m0/s1. The Kier molecular flexibility index (Phi) is 4.73. The minimum Gasteiger partial charge on any atom is -0.356 e. The second-order valence-corrected chi connectivity index (χ2v) is 7.69. The van der Waals surface area contributed by atoms with Crippen molar-refractivity contribution in [2.75, 3.05) is 24.5 Å². The normalized spacial score (nSPS) is 33.3. The van der Waals surface area contributed by atoms with Gasteiger partial charge >= 0.3 is 6.18 Å². The van der Waals surface area contributed by atoms with Crippen molar-refractivity contribution in [3.63, 3.8) is 0 Å². The molecule has 4 rings (SSSR count). The van der Waals surface area contributed by atoms with Crippen molar-refractivity contribution in [2.45, 2.75) is 43.7 Å². The lowest BCUT2D eigenvalue weighted by molar-refractivity contribution is -0.141. The summed E-state index contributed by atoms with van der Waals surface area (Å²) in [6.45, 7) is 1.40. The number of hydrogen-bond acceptors (Lipinski definition) is 4. The lowest BCUT2D eigenvalue weighted by Gasteiger charge is -2.24. The van der Waals surface area contributed by atoms with Gasteiger partial charge in [0.25, 0.3) is 0 Å². The number of nitrogens with one attached hydrogen (secondary N) is 2. The average Bonchev–Trinajstić information content (AvgIpc) is 3.31. The number of pyridine rings is 1. The van der Waals surface area contributed by atoms with E-state index in [2.05, 4.69) is 15.6 Å². The minimum absolute atomic E-state index is 0.0289. The largest absolute Gasteiger partial charge is 0.433 e. The lowest BCUT2D eigenvalue weighted by Crippen LogP contribution is -2.47. The van der Waals surface area contributed by atoms with Crippen molar-refractivity contribution in [1.82, 2.24) is 15.6 Å². The number of anilines is 1. The fourth-order valence-corrected chi connectivity index (χ4v) is 4.56. The van der Waals surface area contributed by atoms with E-state index in [1.54, 1.807) is 6.07 Å².